The molecule has 0 aliphatic carbocycles. The van der Waals surface area contributed by atoms with E-state index in [-0.39, 0.29) is 16.9 Å². The number of nitro benzene ring substituents is 1. The number of carbonyl (C=O) groups is 1. The number of amides is 1. The van der Waals surface area contributed by atoms with Gasteiger partial charge in [-0.15, -0.1) is 0 Å². The number of phenolic OH excluding ortho intramolecular Hbond substituents is 1. The Hall–Kier alpha value is -3.86. The van der Waals surface area contributed by atoms with Crippen molar-refractivity contribution in [2.75, 3.05) is 13.7 Å². The van der Waals surface area contributed by atoms with Gasteiger partial charge in [-0.3, -0.25) is 14.9 Å². The lowest BCUT2D eigenvalue weighted by Gasteiger charge is -2.07. The maximum Gasteiger partial charge on any atom is 0.315 e. The second-order valence-electron chi connectivity index (χ2n) is 5.86. The first-order valence-electron chi connectivity index (χ1n) is 10.5. The summed E-state index contributed by atoms with van der Waals surface area (Å²) in [6.07, 6.45) is 2.70. The predicted octanol–water partition coefficient (Wildman–Crippen LogP) is 5.02. The third-order valence-corrected chi connectivity index (χ3v) is 3.94. The van der Waals surface area contributed by atoms with E-state index in [9.17, 15) is 25.3 Å². The Morgan fingerprint density at radius 1 is 1.22 bits per heavy atom. The number of hydrogen-bond acceptors (Lipinski definition) is 6. The smallest absolute Gasteiger partial charge is 0.315 e. The van der Waals surface area contributed by atoms with E-state index in [0.29, 0.717) is 13.0 Å². The standard InChI is InChI=1S/C20H19N3O5.2C2H6/c1-28-18-12-15(11-17(19(18)24)23(26)27)10-16(13-21)20(25)22-9-5-8-14-6-3-2-4-7-14;2*1-2/h2-4,6-7,10-12,24H,5,8-9H2,1H3,(H,22,25);2*1-2H3/b16-10+;;. The average Bonchev–Trinajstić information content (AvgIpc) is 2.83. The van der Waals surface area contributed by atoms with Gasteiger partial charge in [-0.05, 0) is 36.1 Å². The molecule has 0 bridgehead atoms. The quantitative estimate of drug-likeness (QED) is 0.195. The van der Waals surface area contributed by atoms with Crippen LogP contribution in [0.1, 0.15) is 45.2 Å². The molecule has 172 valence electrons. The summed E-state index contributed by atoms with van der Waals surface area (Å²) in [5.41, 5.74) is 0.557. The zero-order chi connectivity index (χ0) is 24.5. The van der Waals surface area contributed by atoms with Crippen molar-refractivity contribution < 1.29 is 19.6 Å². The number of rotatable bonds is 8. The van der Waals surface area contributed by atoms with Crippen molar-refractivity contribution in [3.8, 4) is 17.6 Å². The third kappa shape index (κ3) is 8.88. The molecule has 2 rings (SSSR count). The van der Waals surface area contributed by atoms with Gasteiger partial charge < -0.3 is 15.2 Å². The highest BCUT2D eigenvalue weighted by Gasteiger charge is 2.20. The molecule has 0 heterocycles. The minimum atomic E-state index is -0.773. The minimum Gasteiger partial charge on any atom is -0.500 e. The summed E-state index contributed by atoms with van der Waals surface area (Å²) in [6, 6.07) is 14.0. The molecule has 0 aliphatic heterocycles. The van der Waals surface area contributed by atoms with Crippen molar-refractivity contribution in [1.29, 1.82) is 5.26 Å². The van der Waals surface area contributed by atoms with Crippen molar-refractivity contribution in [1.82, 2.24) is 5.32 Å². The summed E-state index contributed by atoms with van der Waals surface area (Å²) in [4.78, 5) is 22.5. The molecule has 32 heavy (non-hydrogen) atoms. The number of benzene rings is 2. The molecule has 0 saturated heterocycles. The van der Waals surface area contributed by atoms with E-state index in [1.807, 2.05) is 58.0 Å². The lowest BCUT2D eigenvalue weighted by Crippen LogP contribution is -2.25. The summed E-state index contributed by atoms with van der Waals surface area (Å²) in [5.74, 6) is -1.32. The van der Waals surface area contributed by atoms with Gasteiger partial charge in [0.05, 0.1) is 12.0 Å². The molecule has 0 unspecified atom stereocenters. The molecule has 2 aromatic rings. The SMILES string of the molecule is CC.CC.COc1cc(/C=C(\C#N)C(=O)NCCCc2ccccc2)cc([N+](=O)[O-])c1O. The number of aryl methyl sites for hydroxylation is 1. The Bertz CT molecular complexity index is 935. The van der Waals surface area contributed by atoms with Crippen LogP contribution < -0.4 is 10.1 Å². The fraction of sp³-hybridized carbons (Fsp3) is 0.333. The minimum absolute atomic E-state index is 0.124. The van der Waals surface area contributed by atoms with Crippen LogP contribution in [0.3, 0.4) is 0 Å². The topological polar surface area (TPSA) is 125 Å². The first-order valence-corrected chi connectivity index (χ1v) is 10.5. The summed E-state index contributed by atoms with van der Waals surface area (Å²) in [6.45, 7) is 8.38. The van der Waals surface area contributed by atoms with Gasteiger partial charge in [-0.2, -0.15) is 5.26 Å². The predicted molar refractivity (Wildman–Crippen MR) is 125 cm³/mol. The van der Waals surface area contributed by atoms with Crippen molar-refractivity contribution >= 4 is 17.7 Å². The molecular formula is C24H31N3O5. The zero-order valence-corrected chi connectivity index (χ0v) is 19.2. The van der Waals surface area contributed by atoms with Crippen molar-refractivity contribution in [2.45, 2.75) is 40.5 Å². The van der Waals surface area contributed by atoms with E-state index in [1.165, 1.54) is 19.3 Å². The summed E-state index contributed by atoms with van der Waals surface area (Å²) >= 11 is 0. The van der Waals surface area contributed by atoms with E-state index < -0.39 is 22.3 Å². The monoisotopic (exact) mass is 441 g/mol. The lowest BCUT2D eigenvalue weighted by molar-refractivity contribution is -0.386. The Morgan fingerprint density at radius 3 is 2.38 bits per heavy atom. The Morgan fingerprint density at radius 2 is 1.84 bits per heavy atom. The number of aromatic hydroxyl groups is 1. The number of nitrogens with zero attached hydrogens (tertiary/aromatic N) is 2. The van der Waals surface area contributed by atoms with Crippen molar-refractivity contribution in [2.24, 2.45) is 0 Å². The Labute approximate surface area is 189 Å². The molecule has 2 aromatic carbocycles. The number of nitro groups is 1. The number of phenols is 1. The zero-order valence-electron chi connectivity index (χ0n) is 19.2. The Kier molecular flexibility index (Phi) is 14.0. The van der Waals surface area contributed by atoms with Gasteiger partial charge in [0, 0.05) is 12.6 Å². The number of hydrogen-bond donors (Lipinski definition) is 2. The second-order valence-corrected chi connectivity index (χ2v) is 5.86. The van der Waals surface area contributed by atoms with Crippen LogP contribution in [-0.4, -0.2) is 29.6 Å². The highest BCUT2D eigenvalue weighted by molar-refractivity contribution is 6.01. The molecule has 0 atom stereocenters. The number of nitriles is 1. The van der Waals surface area contributed by atoms with Crippen LogP contribution in [0.15, 0.2) is 48.0 Å². The van der Waals surface area contributed by atoms with Gasteiger partial charge in [-0.1, -0.05) is 58.0 Å². The molecule has 0 aliphatic rings. The number of carbonyl (C=O) groups excluding carboxylic acids is 1. The number of ether oxygens (including phenoxy) is 1. The van der Waals surface area contributed by atoms with E-state index >= 15 is 0 Å². The molecule has 0 fully saturated rings. The Balaban J connectivity index is 0.00000227. The van der Waals surface area contributed by atoms with Crippen LogP contribution in [0.25, 0.3) is 6.08 Å². The molecule has 0 spiro atoms. The van der Waals surface area contributed by atoms with Gasteiger partial charge in [0.1, 0.15) is 11.6 Å². The lowest BCUT2D eigenvalue weighted by atomic mass is 10.1. The molecule has 0 saturated carbocycles. The molecule has 8 heteroatoms. The second kappa shape index (κ2) is 15.9. The third-order valence-electron chi connectivity index (χ3n) is 3.94. The summed E-state index contributed by atoms with van der Waals surface area (Å²) in [7, 11) is 1.25. The number of methoxy groups -OCH3 is 1. The largest absolute Gasteiger partial charge is 0.500 e. The first-order chi connectivity index (χ1) is 15.5. The molecule has 2 N–H and O–H groups in total. The van der Waals surface area contributed by atoms with E-state index in [2.05, 4.69) is 5.32 Å². The summed E-state index contributed by atoms with van der Waals surface area (Å²) < 4.78 is 4.91. The molecule has 0 radical (unpaired) electrons. The fourth-order valence-electron chi connectivity index (χ4n) is 2.54. The van der Waals surface area contributed by atoms with Gasteiger partial charge in [-0.25, -0.2) is 0 Å². The van der Waals surface area contributed by atoms with E-state index in [1.54, 1.807) is 6.07 Å². The van der Waals surface area contributed by atoms with Gasteiger partial charge in [0.25, 0.3) is 5.91 Å². The molecular weight excluding hydrogens is 410 g/mol. The van der Waals surface area contributed by atoms with Crippen LogP contribution in [0.2, 0.25) is 0 Å². The number of nitrogens with one attached hydrogen (secondary N) is 1. The van der Waals surface area contributed by atoms with Crippen LogP contribution in [0.5, 0.6) is 11.5 Å². The van der Waals surface area contributed by atoms with Gasteiger partial charge >= 0.3 is 5.69 Å². The van der Waals surface area contributed by atoms with Crippen LogP contribution in [-0.2, 0) is 11.2 Å². The van der Waals surface area contributed by atoms with Crippen molar-refractivity contribution in [3.63, 3.8) is 0 Å². The van der Waals surface area contributed by atoms with E-state index in [4.69, 9.17) is 4.74 Å². The first kappa shape index (κ1) is 28.1. The van der Waals surface area contributed by atoms with Crippen LogP contribution in [0.4, 0.5) is 5.69 Å². The van der Waals surface area contributed by atoms with Crippen LogP contribution >= 0.6 is 0 Å². The molecule has 1 amide bonds. The summed E-state index contributed by atoms with van der Waals surface area (Å²) in [5, 5.41) is 32.8. The highest BCUT2D eigenvalue weighted by atomic mass is 16.6. The maximum absolute atomic E-state index is 12.2. The van der Waals surface area contributed by atoms with Crippen LogP contribution in [0, 0.1) is 21.4 Å². The van der Waals surface area contributed by atoms with Crippen molar-refractivity contribution in [3.05, 3.63) is 69.3 Å². The van der Waals surface area contributed by atoms with E-state index in [0.717, 1.165) is 18.1 Å². The highest BCUT2D eigenvalue weighted by Crippen LogP contribution is 2.37. The molecule has 0 aromatic heterocycles. The molecule has 8 nitrogen and oxygen atoms in total. The van der Waals surface area contributed by atoms with Gasteiger partial charge in [0.15, 0.2) is 5.75 Å². The average molecular weight is 442 g/mol. The van der Waals surface area contributed by atoms with Gasteiger partial charge in [0.2, 0.25) is 5.75 Å². The fourth-order valence-corrected chi connectivity index (χ4v) is 2.54. The maximum atomic E-state index is 12.2. The normalized spacial score (nSPS) is 9.81.